The van der Waals surface area contributed by atoms with Crippen molar-refractivity contribution in [2.24, 2.45) is 0 Å². The average Bonchev–Trinajstić information content (AvgIpc) is 2.35. The molecular weight excluding hydrogens is 248 g/mol. The molecular formula is C10H20O8. The highest BCUT2D eigenvalue weighted by molar-refractivity contribution is 5.75. The van der Waals surface area contributed by atoms with Gasteiger partial charge in [-0.1, -0.05) is 0 Å². The van der Waals surface area contributed by atoms with Crippen LogP contribution in [0.15, 0.2) is 0 Å². The minimum atomic E-state index is -1.79. The van der Waals surface area contributed by atoms with Gasteiger partial charge in [0.25, 0.3) is 0 Å². The summed E-state index contributed by atoms with van der Waals surface area (Å²) in [6.07, 6.45) is -6.55. The maximum atomic E-state index is 9.90. The number of aldehydes is 1. The number of ketones is 1. The van der Waals surface area contributed by atoms with Crippen LogP contribution in [0.5, 0.6) is 0 Å². The van der Waals surface area contributed by atoms with Crippen LogP contribution in [-0.2, 0) is 9.59 Å². The van der Waals surface area contributed by atoms with Crippen molar-refractivity contribution in [3.05, 3.63) is 0 Å². The predicted octanol–water partition coefficient (Wildman–Crippen LogP) is -3.42. The largest absolute Gasteiger partial charge is 0.396 e. The minimum absolute atomic E-state index is 0.0185. The standard InChI is InChI=1S/C6H12O6.C4H8O2/c7-1-3(9)5(11)6(12)4(10)2-8;1-4(6)2-3-5/h1,3-6,8-12H,2H2;5H,2-3H2,1H3/t3-,4+,5+,6+;/m0./s1. The molecule has 0 radical (unpaired) electrons. The van der Waals surface area contributed by atoms with E-state index in [0.29, 0.717) is 6.42 Å². The first-order chi connectivity index (χ1) is 8.31. The summed E-state index contributed by atoms with van der Waals surface area (Å²) < 4.78 is 0. The maximum Gasteiger partial charge on any atom is 0.151 e. The van der Waals surface area contributed by atoms with Crippen LogP contribution >= 0.6 is 0 Å². The highest BCUT2D eigenvalue weighted by Crippen LogP contribution is 2.02. The van der Waals surface area contributed by atoms with Crippen LogP contribution in [-0.4, -0.2) is 80.3 Å². The summed E-state index contributed by atoms with van der Waals surface area (Å²) in [6, 6.07) is 0. The maximum absolute atomic E-state index is 9.90. The molecule has 0 aromatic carbocycles. The van der Waals surface area contributed by atoms with Gasteiger partial charge in [-0.05, 0) is 6.92 Å². The number of hydrogen-bond donors (Lipinski definition) is 6. The molecule has 0 aromatic rings. The molecule has 0 fully saturated rings. The fraction of sp³-hybridized carbons (Fsp3) is 0.800. The van der Waals surface area contributed by atoms with E-state index in [0.717, 1.165) is 0 Å². The van der Waals surface area contributed by atoms with Crippen molar-refractivity contribution in [3.63, 3.8) is 0 Å². The molecule has 0 saturated carbocycles. The van der Waals surface area contributed by atoms with Crippen molar-refractivity contribution in [2.45, 2.75) is 37.8 Å². The first-order valence-corrected chi connectivity index (χ1v) is 5.20. The van der Waals surface area contributed by atoms with Gasteiger partial charge < -0.3 is 35.4 Å². The van der Waals surface area contributed by atoms with E-state index in [4.69, 9.17) is 30.6 Å². The van der Waals surface area contributed by atoms with Crippen molar-refractivity contribution < 1.29 is 40.2 Å². The van der Waals surface area contributed by atoms with Gasteiger partial charge >= 0.3 is 0 Å². The van der Waals surface area contributed by atoms with E-state index in [2.05, 4.69) is 0 Å². The van der Waals surface area contributed by atoms with E-state index in [1.807, 2.05) is 0 Å². The summed E-state index contributed by atoms with van der Waals surface area (Å²) in [5, 5.41) is 51.6. The zero-order chi connectivity index (χ0) is 14.7. The lowest BCUT2D eigenvalue weighted by atomic mass is 10.0. The molecule has 0 amide bonds. The van der Waals surface area contributed by atoms with Crippen molar-refractivity contribution in [3.8, 4) is 0 Å². The molecule has 8 nitrogen and oxygen atoms in total. The van der Waals surface area contributed by atoms with Crippen LogP contribution in [0.3, 0.4) is 0 Å². The van der Waals surface area contributed by atoms with Gasteiger partial charge in [-0.2, -0.15) is 0 Å². The third-order valence-corrected chi connectivity index (χ3v) is 1.88. The Morgan fingerprint density at radius 1 is 1.11 bits per heavy atom. The molecule has 0 rings (SSSR count). The summed E-state index contributed by atoms with van der Waals surface area (Å²) in [4.78, 5) is 19.8. The molecule has 0 heterocycles. The zero-order valence-corrected chi connectivity index (χ0v) is 10.0. The number of hydrogen-bond acceptors (Lipinski definition) is 8. The summed E-state index contributed by atoms with van der Waals surface area (Å²) in [6.45, 7) is 0.676. The first-order valence-electron chi connectivity index (χ1n) is 5.20. The number of carbonyl (C=O) groups excluding carboxylic acids is 2. The third-order valence-electron chi connectivity index (χ3n) is 1.88. The molecule has 0 aliphatic carbocycles. The van der Waals surface area contributed by atoms with E-state index < -0.39 is 31.0 Å². The van der Waals surface area contributed by atoms with Gasteiger partial charge in [0.05, 0.1) is 6.61 Å². The van der Waals surface area contributed by atoms with Crippen LogP contribution < -0.4 is 0 Å². The molecule has 0 bridgehead atoms. The fourth-order valence-electron chi connectivity index (χ4n) is 0.776. The average molecular weight is 268 g/mol. The molecule has 6 N–H and O–H groups in total. The molecule has 0 saturated heterocycles. The Hall–Kier alpha value is -0.900. The number of aliphatic hydroxyl groups excluding tert-OH is 6. The van der Waals surface area contributed by atoms with Gasteiger partial charge in [0.2, 0.25) is 0 Å². The highest BCUT2D eigenvalue weighted by Gasteiger charge is 2.29. The summed E-state index contributed by atoms with van der Waals surface area (Å²) in [7, 11) is 0. The Morgan fingerprint density at radius 2 is 1.61 bits per heavy atom. The topological polar surface area (TPSA) is 156 Å². The zero-order valence-electron chi connectivity index (χ0n) is 10.0. The lowest BCUT2D eigenvalue weighted by molar-refractivity contribution is -0.136. The van der Waals surface area contributed by atoms with E-state index in [9.17, 15) is 9.59 Å². The normalized spacial score (nSPS) is 16.8. The van der Waals surface area contributed by atoms with Gasteiger partial charge in [-0.25, -0.2) is 0 Å². The van der Waals surface area contributed by atoms with E-state index in [1.54, 1.807) is 0 Å². The summed E-state index contributed by atoms with van der Waals surface area (Å²) in [5.41, 5.74) is 0. The molecule has 8 heteroatoms. The van der Waals surface area contributed by atoms with Gasteiger partial charge in [-0.15, -0.1) is 0 Å². The van der Waals surface area contributed by atoms with Crippen molar-refractivity contribution in [2.75, 3.05) is 13.2 Å². The lowest BCUT2D eigenvalue weighted by Gasteiger charge is -2.22. The molecule has 108 valence electrons. The molecule has 0 spiro atoms. The second-order valence-corrected chi connectivity index (χ2v) is 3.53. The summed E-state index contributed by atoms with van der Waals surface area (Å²) in [5.74, 6) is 0.0394. The van der Waals surface area contributed by atoms with Gasteiger partial charge in [-0.3, -0.25) is 4.79 Å². The Balaban J connectivity index is 0. The molecule has 4 atom stereocenters. The van der Waals surface area contributed by atoms with Crippen molar-refractivity contribution in [1.82, 2.24) is 0 Å². The SMILES string of the molecule is CC(=O)CCO.O=C[C@H](O)[C@@H](O)[C@H](O)[C@H](O)CO. The molecule has 0 unspecified atom stereocenters. The highest BCUT2D eigenvalue weighted by atomic mass is 16.4. The summed E-state index contributed by atoms with van der Waals surface area (Å²) >= 11 is 0. The lowest BCUT2D eigenvalue weighted by Crippen LogP contribution is -2.46. The Labute approximate surface area is 104 Å². The van der Waals surface area contributed by atoms with Crippen LogP contribution in [0.2, 0.25) is 0 Å². The quantitative estimate of drug-likeness (QED) is 0.261. The van der Waals surface area contributed by atoms with Crippen molar-refractivity contribution >= 4 is 12.1 Å². The third kappa shape index (κ3) is 9.16. The molecule has 0 aliphatic heterocycles. The smallest absolute Gasteiger partial charge is 0.151 e. The molecule has 0 aliphatic rings. The monoisotopic (exact) mass is 268 g/mol. The van der Waals surface area contributed by atoms with Crippen LogP contribution in [0, 0.1) is 0 Å². The van der Waals surface area contributed by atoms with E-state index in [-0.39, 0.29) is 18.7 Å². The van der Waals surface area contributed by atoms with Crippen LogP contribution in [0.4, 0.5) is 0 Å². The molecule has 0 aromatic heterocycles. The second-order valence-electron chi connectivity index (χ2n) is 3.53. The minimum Gasteiger partial charge on any atom is -0.396 e. The van der Waals surface area contributed by atoms with Gasteiger partial charge in [0.15, 0.2) is 6.29 Å². The van der Waals surface area contributed by atoms with E-state index >= 15 is 0 Å². The van der Waals surface area contributed by atoms with Crippen LogP contribution in [0.25, 0.3) is 0 Å². The first kappa shape index (κ1) is 19.4. The van der Waals surface area contributed by atoms with E-state index in [1.165, 1.54) is 6.92 Å². The van der Waals surface area contributed by atoms with Crippen molar-refractivity contribution in [1.29, 1.82) is 0 Å². The van der Waals surface area contributed by atoms with Gasteiger partial charge in [0.1, 0.15) is 30.2 Å². The Morgan fingerprint density at radius 3 is 1.83 bits per heavy atom. The number of aliphatic hydroxyl groups is 6. The number of rotatable bonds is 7. The van der Waals surface area contributed by atoms with Crippen LogP contribution in [0.1, 0.15) is 13.3 Å². The number of carbonyl (C=O) groups is 2. The Kier molecular flexibility index (Phi) is 12.1. The molecule has 18 heavy (non-hydrogen) atoms. The fourth-order valence-corrected chi connectivity index (χ4v) is 0.776. The number of Topliss-reactive ketones (excluding diaryl/α,β-unsaturated/α-hetero) is 1. The Bertz CT molecular complexity index is 232. The predicted molar refractivity (Wildman–Crippen MR) is 59.6 cm³/mol. The second kappa shape index (κ2) is 11.2. The van der Waals surface area contributed by atoms with Gasteiger partial charge in [0, 0.05) is 13.0 Å².